The largest absolute Gasteiger partial charge is 0.481 e. The minimum Gasteiger partial charge on any atom is -0.481 e. The molecule has 2 atom stereocenters. The summed E-state index contributed by atoms with van der Waals surface area (Å²) in [6.45, 7) is 4.56. The van der Waals surface area contributed by atoms with E-state index in [1.807, 2.05) is 24.3 Å². The first-order valence-corrected chi connectivity index (χ1v) is 12.5. The Bertz CT molecular complexity index is 976. The second-order valence-corrected chi connectivity index (χ2v) is 9.30. The number of carbonyl (C=O) groups excluding carboxylic acids is 2. The van der Waals surface area contributed by atoms with Crippen molar-refractivity contribution in [3.8, 4) is 11.1 Å². The molecule has 7 heteroatoms. The lowest BCUT2D eigenvalue weighted by atomic mass is 9.94. The number of carboxylic acids is 1. The first-order valence-electron chi connectivity index (χ1n) is 12.5. The van der Waals surface area contributed by atoms with Crippen LogP contribution >= 0.6 is 0 Å². The molecule has 0 fully saturated rings. The number of carbonyl (C=O) groups is 3. The Morgan fingerprint density at radius 2 is 1.60 bits per heavy atom. The zero-order valence-electron chi connectivity index (χ0n) is 20.6. The molecule has 0 saturated carbocycles. The molecule has 3 rings (SSSR count). The number of amides is 2. The highest BCUT2D eigenvalue weighted by molar-refractivity contribution is 5.79. The first-order chi connectivity index (χ1) is 16.9. The normalized spacial score (nSPS) is 13.9. The summed E-state index contributed by atoms with van der Waals surface area (Å²) in [5, 5.41) is 14.4. The van der Waals surface area contributed by atoms with Crippen LogP contribution < -0.4 is 10.6 Å². The molecular formula is C28H36N2O5. The van der Waals surface area contributed by atoms with Gasteiger partial charge in [-0.1, -0.05) is 68.3 Å². The molecule has 35 heavy (non-hydrogen) atoms. The van der Waals surface area contributed by atoms with Crippen molar-refractivity contribution < 1.29 is 24.2 Å². The molecule has 0 saturated heterocycles. The van der Waals surface area contributed by atoms with Crippen molar-refractivity contribution in [3.63, 3.8) is 0 Å². The van der Waals surface area contributed by atoms with Crippen LogP contribution in [0, 0.1) is 5.92 Å². The fourth-order valence-corrected chi connectivity index (χ4v) is 4.86. The van der Waals surface area contributed by atoms with Gasteiger partial charge in [0.25, 0.3) is 0 Å². The zero-order valence-corrected chi connectivity index (χ0v) is 20.6. The molecule has 2 aromatic carbocycles. The quantitative estimate of drug-likeness (QED) is 0.370. The third kappa shape index (κ3) is 7.57. The third-order valence-corrected chi connectivity index (χ3v) is 6.53. The number of nitrogens with one attached hydrogen (secondary N) is 2. The number of rotatable bonds is 13. The van der Waals surface area contributed by atoms with Crippen LogP contribution in [0.5, 0.6) is 0 Å². The minimum atomic E-state index is -0.930. The summed E-state index contributed by atoms with van der Waals surface area (Å²) in [4.78, 5) is 35.3. The van der Waals surface area contributed by atoms with Crippen LogP contribution in [-0.4, -0.2) is 42.3 Å². The predicted molar refractivity (Wildman–Crippen MR) is 135 cm³/mol. The van der Waals surface area contributed by atoms with Crippen molar-refractivity contribution >= 4 is 18.0 Å². The predicted octanol–water partition coefficient (Wildman–Crippen LogP) is 5.09. The van der Waals surface area contributed by atoms with Crippen molar-refractivity contribution in [2.45, 2.75) is 64.3 Å². The molecule has 1 aliphatic rings. The monoisotopic (exact) mass is 480 g/mol. The maximum atomic E-state index is 12.4. The Labute approximate surface area is 207 Å². The van der Waals surface area contributed by atoms with Crippen molar-refractivity contribution in [1.29, 1.82) is 0 Å². The van der Waals surface area contributed by atoms with Crippen LogP contribution in [0.4, 0.5) is 4.79 Å². The van der Waals surface area contributed by atoms with Crippen molar-refractivity contribution in [3.05, 3.63) is 59.7 Å². The number of hydrogen-bond donors (Lipinski definition) is 3. The number of aliphatic carboxylic acids is 1. The highest BCUT2D eigenvalue weighted by Gasteiger charge is 2.29. The van der Waals surface area contributed by atoms with Gasteiger partial charge >= 0.3 is 12.1 Å². The summed E-state index contributed by atoms with van der Waals surface area (Å²) in [5.74, 6) is -0.734. The smallest absolute Gasteiger partial charge is 0.407 e. The Balaban J connectivity index is 1.42. The highest BCUT2D eigenvalue weighted by Crippen LogP contribution is 2.44. The lowest BCUT2D eigenvalue weighted by Crippen LogP contribution is -2.34. The van der Waals surface area contributed by atoms with E-state index in [1.165, 1.54) is 22.3 Å². The first kappa shape index (κ1) is 26.3. The number of ether oxygens (including phenoxy) is 1. The van der Waals surface area contributed by atoms with E-state index in [0.29, 0.717) is 25.3 Å². The molecule has 2 amide bonds. The van der Waals surface area contributed by atoms with Crippen LogP contribution in [0.2, 0.25) is 0 Å². The van der Waals surface area contributed by atoms with Crippen LogP contribution in [0.25, 0.3) is 11.1 Å². The summed E-state index contributed by atoms with van der Waals surface area (Å²) < 4.78 is 5.59. The lowest BCUT2D eigenvalue weighted by molar-refractivity contribution is -0.137. The van der Waals surface area contributed by atoms with E-state index in [1.54, 1.807) is 6.92 Å². The second kappa shape index (κ2) is 12.9. The Kier molecular flexibility index (Phi) is 9.70. The van der Waals surface area contributed by atoms with Gasteiger partial charge in [-0.05, 0) is 47.9 Å². The van der Waals surface area contributed by atoms with E-state index in [4.69, 9.17) is 9.84 Å². The standard InChI is InChI=1S/C28H36N2O5/c1-3-8-20(13-14-26(31)30-19(2)17-27(32)33)15-16-29-28(34)35-18-25-23-11-6-4-9-21(23)22-10-5-7-12-24(22)25/h4-7,9-12,19-20,25H,3,8,13-18H2,1-2H3,(H,29,34)(H,30,31)(H,32,33). The van der Waals surface area contributed by atoms with Crippen molar-refractivity contribution in [2.24, 2.45) is 5.92 Å². The fraction of sp³-hybridized carbons (Fsp3) is 0.464. The average molecular weight is 481 g/mol. The summed E-state index contributed by atoms with van der Waals surface area (Å²) >= 11 is 0. The Morgan fingerprint density at radius 1 is 0.971 bits per heavy atom. The van der Waals surface area contributed by atoms with E-state index in [9.17, 15) is 14.4 Å². The van der Waals surface area contributed by atoms with Crippen molar-refractivity contribution in [2.75, 3.05) is 13.2 Å². The van der Waals surface area contributed by atoms with Gasteiger partial charge in [0.15, 0.2) is 0 Å². The molecule has 0 radical (unpaired) electrons. The van der Waals surface area contributed by atoms with Gasteiger partial charge in [-0.3, -0.25) is 9.59 Å². The second-order valence-electron chi connectivity index (χ2n) is 9.30. The van der Waals surface area contributed by atoms with Gasteiger partial charge in [-0.25, -0.2) is 4.79 Å². The zero-order chi connectivity index (χ0) is 25.2. The molecule has 7 nitrogen and oxygen atoms in total. The molecular weight excluding hydrogens is 444 g/mol. The fourth-order valence-electron chi connectivity index (χ4n) is 4.86. The summed E-state index contributed by atoms with van der Waals surface area (Å²) in [5.41, 5.74) is 4.75. The van der Waals surface area contributed by atoms with Crippen molar-refractivity contribution in [1.82, 2.24) is 10.6 Å². The molecule has 0 heterocycles. The molecule has 0 aromatic heterocycles. The molecule has 0 aliphatic heterocycles. The summed E-state index contributed by atoms with van der Waals surface area (Å²) in [7, 11) is 0. The van der Waals surface area contributed by atoms with Gasteiger partial charge in [-0.15, -0.1) is 0 Å². The van der Waals surface area contributed by atoms with Gasteiger partial charge in [0.2, 0.25) is 5.91 Å². The van der Waals surface area contributed by atoms with E-state index in [0.717, 1.165) is 19.3 Å². The van der Waals surface area contributed by atoms with E-state index in [-0.39, 0.29) is 30.9 Å². The van der Waals surface area contributed by atoms with Gasteiger partial charge < -0.3 is 20.5 Å². The molecule has 0 bridgehead atoms. The van der Waals surface area contributed by atoms with Crippen LogP contribution in [0.3, 0.4) is 0 Å². The average Bonchev–Trinajstić information content (AvgIpc) is 3.14. The molecule has 188 valence electrons. The Morgan fingerprint density at radius 3 is 2.20 bits per heavy atom. The number of hydrogen-bond acceptors (Lipinski definition) is 4. The highest BCUT2D eigenvalue weighted by atomic mass is 16.5. The van der Waals surface area contributed by atoms with E-state index in [2.05, 4.69) is 41.8 Å². The maximum Gasteiger partial charge on any atom is 0.407 e. The van der Waals surface area contributed by atoms with E-state index < -0.39 is 12.1 Å². The van der Waals surface area contributed by atoms with E-state index >= 15 is 0 Å². The molecule has 0 spiro atoms. The van der Waals surface area contributed by atoms with Gasteiger partial charge in [-0.2, -0.15) is 0 Å². The van der Waals surface area contributed by atoms with Crippen LogP contribution in [0.1, 0.15) is 69.4 Å². The number of alkyl carbamates (subject to hydrolysis) is 1. The van der Waals surface area contributed by atoms with Gasteiger partial charge in [0.1, 0.15) is 6.61 Å². The Hall–Kier alpha value is -3.35. The topological polar surface area (TPSA) is 105 Å². The minimum absolute atomic E-state index is 0.0306. The summed E-state index contributed by atoms with van der Waals surface area (Å²) in [6.07, 6.45) is 3.24. The molecule has 2 unspecified atom stereocenters. The third-order valence-electron chi connectivity index (χ3n) is 6.53. The van der Waals surface area contributed by atoms with Crippen LogP contribution in [-0.2, 0) is 14.3 Å². The maximum absolute atomic E-state index is 12.4. The SMILES string of the molecule is CCCC(CCNC(=O)OCC1c2ccccc2-c2ccccc21)CCC(=O)NC(C)CC(=O)O. The summed E-state index contributed by atoms with van der Waals surface area (Å²) in [6, 6.07) is 16.1. The van der Waals surface area contributed by atoms with Gasteiger partial charge in [0, 0.05) is 24.9 Å². The molecule has 3 N–H and O–H groups in total. The number of benzene rings is 2. The number of fused-ring (bicyclic) bond motifs is 3. The molecule has 1 aliphatic carbocycles. The lowest BCUT2D eigenvalue weighted by Gasteiger charge is -2.18. The van der Waals surface area contributed by atoms with Crippen LogP contribution in [0.15, 0.2) is 48.5 Å². The van der Waals surface area contributed by atoms with Gasteiger partial charge in [0.05, 0.1) is 6.42 Å². The molecule has 2 aromatic rings. The number of carboxylic acid groups (broad SMARTS) is 1.